The Morgan fingerprint density at radius 1 is 0.846 bits per heavy atom. The number of aryl methyl sites for hydroxylation is 1. The predicted molar refractivity (Wildman–Crippen MR) is 101 cm³/mol. The van der Waals surface area contributed by atoms with Crippen LogP contribution in [0.3, 0.4) is 0 Å². The molecule has 130 valence electrons. The van der Waals surface area contributed by atoms with E-state index in [9.17, 15) is 0 Å². The van der Waals surface area contributed by atoms with Gasteiger partial charge in [-0.3, -0.25) is 0 Å². The third-order valence-electron chi connectivity index (χ3n) is 3.86. The SMILES string of the molecule is Cc1nnc(C(C)Sc2nc(-c3ccccc3)c(-c3ccccc3)o2)o1. The topological polar surface area (TPSA) is 65.0 Å². The van der Waals surface area contributed by atoms with Gasteiger partial charge in [-0.15, -0.1) is 10.2 Å². The number of hydrogen-bond donors (Lipinski definition) is 0. The van der Waals surface area contributed by atoms with Gasteiger partial charge in [0.2, 0.25) is 11.8 Å². The van der Waals surface area contributed by atoms with E-state index in [4.69, 9.17) is 13.8 Å². The Morgan fingerprint density at radius 2 is 1.50 bits per heavy atom. The summed E-state index contributed by atoms with van der Waals surface area (Å²) in [4.78, 5) is 4.74. The van der Waals surface area contributed by atoms with Gasteiger partial charge in [0.15, 0.2) is 5.76 Å². The third kappa shape index (κ3) is 3.41. The molecule has 0 spiro atoms. The molecule has 0 aliphatic carbocycles. The van der Waals surface area contributed by atoms with Gasteiger partial charge in [0.05, 0.1) is 5.25 Å². The largest absolute Gasteiger partial charge is 0.431 e. The van der Waals surface area contributed by atoms with Crippen LogP contribution >= 0.6 is 11.8 Å². The van der Waals surface area contributed by atoms with Gasteiger partial charge < -0.3 is 8.83 Å². The summed E-state index contributed by atoms with van der Waals surface area (Å²) in [5.41, 5.74) is 2.84. The molecule has 2 aromatic heterocycles. The predicted octanol–water partition coefficient (Wildman–Crippen LogP) is 5.55. The van der Waals surface area contributed by atoms with Crippen LogP contribution in [0, 0.1) is 6.92 Å². The normalized spacial score (nSPS) is 12.2. The lowest BCUT2D eigenvalue weighted by Crippen LogP contribution is -1.88. The van der Waals surface area contributed by atoms with Crippen molar-refractivity contribution in [1.29, 1.82) is 0 Å². The van der Waals surface area contributed by atoms with Crippen LogP contribution in [0.1, 0.15) is 24.0 Å². The maximum atomic E-state index is 6.12. The molecule has 4 aromatic rings. The lowest BCUT2D eigenvalue weighted by atomic mass is 10.1. The number of hydrogen-bond acceptors (Lipinski definition) is 6. The van der Waals surface area contributed by atoms with E-state index in [1.807, 2.05) is 67.6 Å². The monoisotopic (exact) mass is 363 g/mol. The molecule has 0 radical (unpaired) electrons. The highest BCUT2D eigenvalue weighted by Crippen LogP contribution is 2.40. The van der Waals surface area contributed by atoms with Gasteiger partial charge in [-0.2, -0.15) is 0 Å². The third-order valence-corrected chi connectivity index (χ3v) is 4.79. The van der Waals surface area contributed by atoms with Crippen molar-refractivity contribution in [3.05, 3.63) is 72.4 Å². The molecular weight excluding hydrogens is 346 g/mol. The zero-order valence-corrected chi connectivity index (χ0v) is 15.2. The molecular formula is C20H17N3O2S. The van der Waals surface area contributed by atoms with Gasteiger partial charge in [0.1, 0.15) is 5.69 Å². The Kier molecular flexibility index (Phi) is 4.58. The summed E-state index contributed by atoms with van der Waals surface area (Å²) in [6, 6.07) is 20.0. The van der Waals surface area contributed by atoms with E-state index >= 15 is 0 Å². The van der Waals surface area contributed by atoms with Crippen LogP contribution in [0.25, 0.3) is 22.6 Å². The zero-order chi connectivity index (χ0) is 17.9. The summed E-state index contributed by atoms with van der Waals surface area (Å²) in [7, 11) is 0. The van der Waals surface area contributed by atoms with E-state index in [-0.39, 0.29) is 5.25 Å². The van der Waals surface area contributed by atoms with E-state index < -0.39 is 0 Å². The molecule has 0 N–H and O–H groups in total. The summed E-state index contributed by atoms with van der Waals surface area (Å²) in [5, 5.41) is 8.49. The van der Waals surface area contributed by atoms with Gasteiger partial charge in [-0.25, -0.2) is 4.98 Å². The van der Waals surface area contributed by atoms with Crippen LogP contribution in [-0.4, -0.2) is 15.2 Å². The number of rotatable bonds is 5. The van der Waals surface area contributed by atoms with Crippen LogP contribution in [-0.2, 0) is 0 Å². The van der Waals surface area contributed by atoms with Gasteiger partial charge in [0.25, 0.3) is 5.22 Å². The molecule has 0 aliphatic heterocycles. The standard InChI is InChI=1S/C20H17N3O2S/c1-13(19-23-22-14(2)24-19)26-20-21-17(15-9-5-3-6-10-15)18(25-20)16-11-7-4-8-12-16/h3-13H,1-2H3. The van der Waals surface area contributed by atoms with Crippen LogP contribution in [0.15, 0.2) is 74.7 Å². The number of oxazole rings is 1. The second-order valence-electron chi connectivity index (χ2n) is 5.81. The molecule has 2 heterocycles. The van der Waals surface area contributed by atoms with Crippen LogP contribution < -0.4 is 0 Å². The minimum Gasteiger partial charge on any atom is -0.431 e. The lowest BCUT2D eigenvalue weighted by molar-refractivity contribution is 0.455. The van der Waals surface area contributed by atoms with E-state index in [1.165, 1.54) is 11.8 Å². The van der Waals surface area contributed by atoms with Crippen LogP contribution in [0.4, 0.5) is 0 Å². The maximum Gasteiger partial charge on any atom is 0.257 e. The quantitative estimate of drug-likeness (QED) is 0.433. The van der Waals surface area contributed by atoms with Crippen LogP contribution in [0.5, 0.6) is 0 Å². The summed E-state index contributed by atoms with van der Waals surface area (Å²) in [5.74, 6) is 1.87. The van der Waals surface area contributed by atoms with Gasteiger partial charge in [-0.1, -0.05) is 72.4 Å². The van der Waals surface area contributed by atoms with Crippen molar-refractivity contribution in [2.45, 2.75) is 24.3 Å². The van der Waals surface area contributed by atoms with E-state index in [0.29, 0.717) is 17.0 Å². The minimum atomic E-state index is -0.0536. The average molecular weight is 363 g/mol. The molecule has 0 saturated carbocycles. The molecule has 0 amide bonds. The first-order valence-electron chi connectivity index (χ1n) is 8.29. The summed E-state index contributed by atoms with van der Waals surface area (Å²) in [6.45, 7) is 3.77. The van der Waals surface area contributed by atoms with Crippen LogP contribution in [0.2, 0.25) is 0 Å². The van der Waals surface area contributed by atoms with Gasteiger partial charge in [0, 0.05) is 18.1 Å². The van der Waals surface area contributed by atoms with Crippen molar-refractivity contribution in [2.75, 3.05) is 0 Å². The highest BCUT2D eigenvalue weighted by atomic mass is 32.2. The molecule has 4 rings (SSSR count). The highest BCUT2D eigenvalue weighted by molar-refractivity contribution is 7.99. The molecule has 5 nitrogen and oxygen atoms in total. The molecule has 2 aromatic carbocycles. The van der Waals surface area contributed by atoms with Crippen molar-refractivity contribution >= 4 is 11.8 Å². The van der Waals surface area contributed by atoms with Gasteiger partial charge in [-0.05, 0) is 6.92 Å². The Morgan fingerprint density at radius 3 is 2.12 bits per heavy atom. The summed E-state index contributed by atoms with van der Waals surface area (Å²) < 4.78 is 11.6. The van der Waals surface area contributed by atoms with E-state index in [0.717, 1.165) is 22.6 Å². The molecule has 0 saturated heterocycles. The molecule has 0 fully saturated rings. The first-order valence-corrected chi connectivity index (χ1v) is 9.17. The number of nitrogens with zero attached hydrogens (tertiary/aromatic N) is 3. The molecule has 1 atom stereocenters. The first kappa shape index (κ1) is 16.6. The fourth-order valence-electron chi connectivity index (χ4n) is 2.61. The fourth-order valence-corrected chi connectivity index (χ4v) is 3.38. The van der Waals surface area contributed by atoms with Crippen molar-refractivity contribution in [3.8, 4) is 22.6 Å². The molecule has 0 aliphatic rings. The van der Waals surface area contributed by atoms with E-state index in [2.05, 4.69) is 10.2 Å². The number of aromatic nitrogens is 3. The smallest absolute Gasteiger partial charge is 0.257 e. The van der Waals surface area contributed by atoms with Crippen molar-refractivity contribution < 1.29 is 8.83 Å². The zero-order valence-electron chi connectivity index (χ0n) is 14.4. The minimum absolute atomic E-state index is 0.0536. The maximum absolute atomic E-state index is 6.12. The molecule has 6 heteroatoms. The number of thioether (sulfide) groups is 1. The Hall–Kier alpha value is -2.86. The summed E-state index contributed by atoms with van der Waals surface area (Å²) >= 11 is 1.46. The van der Waals surface area contributed by atoms with Gasteiger partial charge >= 0.3 is 0 Å². The first-order chi connectivity index (χ1) is 12.7. The summed E-state index contributed by atoms with van der Waals surface area (Å²) in [6.07, 6.45) is 0. The molecule has 26 heavy (non-hydrogen) atoms. The van der Waals surface area contributed by atoms with Crippen molar-refractivity contribution in [1.82, 2.24) is 15.2 Å². The average Bonchev–Trinajstić information content (AvgIpc) is 3.30. The van der Waals surface area contributed by atoms with E-state index in [1.54, 1.807) is 6.92 Å². The Labute approximate surface area is 155 Å². The second-order valence-corrected chi connectivity index (χ2v) is 7.10. The highest BCUT2D eigenvalue weighted by Gasteiger charge is 2.21. The number of benzene rings is 2. The Balaban J connectivity index is 1.71. The molecule has 0 bridgehead atoms. The lowest BCUT2D eigenvalue weighted by Gasteiger charge is -2.02. The van der Waals surface area contributed by atoms with Crippen molar-refractivity contribution in [3.63, 3.8) is 0 Å². The molecule has 1 unspecified atom stereocenters. The second kappa shape index (κ2) is 7.17. The Bertz CT molecular complexity index is 939. The fraction of sp³-hybridized carbons (Fsp3) is 0.150. The van der Waals surface area contributed by atoms with Crippen molar-refractivity contribution in [2.24, 2.45) is 0 Å².